The Bertz CT molecular complexity index is 936. The molecule has 0 bridgehead atoms. The van der Waals surface area contributed by atoms with Crippen LogP contribution in [0.1, 0.15) is 21.9 Å². The minimum Gasteiger partial charge on any atom is -0.467 e. The fraction of sp³-hybridized carbons (Fsp3) is 0.0870. The maximum absolute atomic E-state index is 13.1. The molecule has 0 N–H and O–H groups in total. The van der Waals surface area contributed by atoms with Gasteiger partial charge in [-0.25, -0.2) is 0 Å². The summed E-state index contributed by atoms with van der Waals surface area (Å²) >= 11 is 0. The largest absolute Gasteiger partial charge is 0.467 e. The van der Waals surface area contributed by atoms with Gasteiger partial charge >= 0.3 is 0 Å². The molecule has 2 heterocycles. The summed E-state index contributed by atoms with van der Waals surface area (Å²) in [6.07, 6.45) is 3.22. The van der Waals surface area contributed by atoms with Crippen molar-refractivity contribution in [1.82, 2.24) is 4.90 Å². The maximum atomic E-state index is 13.1. The lowest BCUT2D eigenvalue weighted by Gasteiger charge is -2.21. The standard InChI is InChI=1S/C23H19NO3/c25-23(20-12-10-19(11-13-20)18-6-2-1-3-7-18)24(16-21-8-4-14-26-21)17-22-9-5-15-27-22/h1-15H,16-17H2. The lowest BCUT2D eigenvalue weighted by Crippen LogP contribution is -2.29. The number of carbonyl (C=O) groups is 1. The Labute approximate surface area is 157 Å². The predicted molar refractivity (Wildman–Crippen MR) is 103 cm³/mol. The van der Waals surface area contributed by atoms with E-state index in [1.54, 1.807) is 17.4 Å². The first-order chi connectivity index (χ1) is 13.3. The summed E-state index contributed by atoms with van der Waals surface area (Å²) in [5.74, 6) is 1.40. The third-order valence-corrected chi connectivity index (χ3v) is 4.38. The van der Waals surface area contributed by atoms with E-state index in [0.29, 0.717) is 18.7 Å². The molecule has 27 heavy (non-hydrogen) atoms. The molecule has 4 nitrogen and oxygen atoms in total. The lowest BCUT2D eigenvalue weighted by molar-refractivity contribution is 0.0705. The van der Waals surface area contributed by atoms with E-state index in [9.17, 15) is 4.79 Å². The summed E-state index contributed by atoms with van der Waals surface area (Å²) in [4.78, 5) is 14.8. The quantitative estimate of drug-likeness (QED) is 0.465. The Balaban J connectivity index is 1.56. The highest BCUT2D eigenvalue weighted by molar-refractivity contribution is 5.94. The van der Waals surface area contributed by atoms with Crippen LogP contribution in [0.2, 0.25) is 0 Å². The number of rotatable bonds is 6. The van der Waals surface area contributed by atoms with Gasteiger partial charge in [-0.2, -0.15) is 0 Å². The molecule has 1 amide bonds. The van der Waals surface area contributed by atoms with Crippen molar-refractivity contribution < 1.29 is 13.6 Å². The van der Waals surface area contributed by atoms with Crippen molar-refractivity contribution in [3.05, 3.63) is 108 Å². The molecule has 2 aromatic carbocycles. The Morgan fingerprint density at radius 3 is 1.74 bits per heavy atom. The minimum absolute atomic E-state index is 0.0672. The van der Waals surface area contributed by atoms with Crippen LogP contribution in [0.25, 0.3) is 11.1 Å². The number of hydrogen-bond acceptors (Lipinski definition) is 3. The second-order valence-corrected chi connectivity index (χ2v) is 6.26. The Morgan fingerprint density at radius 2 is 1.22 bits per heavy atom. The molecule has 0 spiro atoms. The molecular weight excluding hydrogens is 338 g/mol. The molecular formula is C23H19NO3. The number of carbonyl (C=O) groups excluding carboxylic acids is 1. The van der Waals surface area contributed by atoms with Gasteiger partial charge in [0, 0.05) is 5.56 Å². The normalized spacial score (nSPS) is 10.7. The molecule has 2 aromatic heterocycles. The molecule has 0 saturated heterocycles. The summed E-state index contributed by atoms with van der Waals surface area (Å²) in [7, 11) is 0. The first-order valence-electron chi connectivity index (χ1n) is 8.79. The van der Waals surface area contributed by atoms with Crippen molar-refractivity contribution in [1.29, 1.82) is 0 Å². The molecule has 0 saturated carbocycles. The SMILES string of the molecule is O=C(c1ccc(-c2ccccc2)cc1)N(Cc1ccco1)Cc1ccco1. The molecule has 4 aromatic rings. The number of nitrogens with zero attached hydrogens (tertiary/aromatic N) is 1. The molecule has 0 aliphatic rings. The van der Waals surface area contributed by atoms with Crippen LogP contribution in [0.15, 0.2) is 100 Å². The van der Waals surface area contributed by atoms with Crippen molar-refractivity contribution >= 4 is 5.91 Å². The van der Waals surface area contributed by atoms with E-state index in [0.717, 1.165) is 22.6 Å². The number of furan rings is 2. The topological polar surface area (TPSA) is 46.6 Å². The van der Waals surface area contributed by atoms with Crippen LogP contribution in [-0.4, -0.2) is 10.8 Å². The van der Waals surface area contributed by atoms with E-state index in [2.05, 4.69) is 12.1 Å². The molecule has 134 valence electrons. The van der Waals surface area contributed by atoms with Crippen LogP contribution in [-0.2, 0) is 13.1 Å². The van der Waals surface area contributed by atoms with Crippen LogP contribution in [0, 0.1) is 0 Å². The first kappa shape index (κ1) is 16.9. The van der Waals surface area contributed by atoms with Crippen molar-refractivity contribution in [2.75, 3.05) is 0 Å². The second-order valence-electron chi connectivity index (χ2n) is 6.26. The van der Waals surface area contributed by atoms with Gasteiger partial charge in [-0.3, -0.25) is 4.79 Å². The van der Waals surface area contributed by atoms with Gasteiger partial charge in [-0.1, -0.05) is 42.5 Å². The van der Waals surface area contributed by atoms with E-state index < -0.39 is 0 Å². The zero-order valence-corrected chi connectivity index (χ0v) is 14.7. The van der Waals surface area contributed by atoms with Gasteiger partial charge < -0.3 is 13.7 Å². The molecule has 0 atom stereocenters. The van der Waals surface area contributed by atoms with Crippen molar-refractivity contribution in [3.63, 3.8) is 0 Å². The smallest absolute Gasteiger partial charge is 0.254 e. The van der Waals surface area contributed by atoms with E-state index in [-0.39, 0.29) is 5.91 Å². The fourth-order valence-corrected chi connectivity index (χ4v) is 3.00. The van der Waals surface area contributed by atoms with Crippen molar-refractivity contribution in [2.24, 2.45) is 0 Å². The van der Waals surface area contributed by atoms with Crippen LogP contribution in [0.4, 0.5) is 0 Å². The highest BCUT2D eigenvalue weighted by Crippen LogP contribution is 2.21. The molecule has 4 rings (SSSR count). The average Bonchev–Trinajstić information content (AvgIpc) is 3.42. The highest BCUT2D eigenvalue weighted by atomic mass is 16.3. The Hall–Kier alpha value is -3.53. The van der Waals surface area contributed by atoms with Gasteiger partial charge in [0.2, 0.25) is 0 Å². The van der Waals surface area contributed by atoms with Crippen LogP contribution in [0.5, 0.6) is 0 Å². The van der Waals surface area contributed by atoms with Gasteiger partial charge in [-0.05, 0) is 47.5 Å². The minimum atomic E-state index is -0.0672. The maximum Gasteiger partial charge on any atom is 0.254 e. The van der Waals surface area contributed by atoms with Gasteiger partial charge in [0.05, 0.1) is 25.6 Å². The van der Waals surface area contributed by atoms with Crippen molar-refractivity contribution in [2.45, 2.75) is 13.1 Å². The van der Waals surface area contributed by atoms with E-state index in [4.69, 9.17) is 8.83 Å². The third kappa shape index (κ3) is 4.01. The second kappa shape index (κ2) is 7.79. The van der Waals surface area contributed by atoms with Crippen LogP contribution < -0.4 is 0 Å². The lowest BCUT2D eigenvalue weighted by atomic mass is 10.0. The highest BCUT2D eigenvalue weighted by Gasteiger charge is 2.19. The fourth-order valence-electron chi connectivity index (χ4n) is 3.00. The van der Waals surface area contributed by atoms with Gasteiger partial charge in [0.1, 0.15) is 11.5 Å². The van der Waals surface area contributed by atoms with Gasteiger partial charge in [0.15, 0.2) is 0 Å². The summed E-state index contributed by atoms with van der Waals surface area (Å²) in [6.45, 7) is 0.764. The van der Waals surface area contributed by atoms with E-state index in [1.807, 2.05) is 66.7 Å². The van der Waals surface area contributed by atoms with Crippen LogP contribution >= 0.6 is 0 Å². The van der Waals surface area contributed by atoms with Crippen LogP contribution in [0.3, 0.4) is 0 Å². The zero-order chi connectivity index (χ0) is 18.5. The monoisotopic (exact) mass is 357 g/mol. The van der Waals surface area contributed by atoms with E-state index >= 15 is 0 Å². The first-order valence-corrected chi connectivity index (χ1v) is 8.79. The molecule has 0 aliphatic heterocycles. The third-order valence-electron chi connectivity index (χ3n) is 4.38. The predicted octanol–water partition coefficient (Wildman–Crippen LogP) is 5.38. The number of benzene rings is 2. The number of hydrogen-bond donors (Lipinski definition) is 0. The summed E-state index contributed by atoms with van der Waals surface area (Å²) in [5, 5.41) is 0. The van der Waals surface area contributed by atoms with Crippen molar-refractivity contribution in [3.8, 4) is 11.1 Å². The molecule has 0 fully saturated rings. The Morgan fingerprint density at radius 1 is 0.667 bits per heavy atom. The van der Waals surface area contributed by atoms with Gasteiger partial charge in [0.25, 0.3) is 5.91 Å². The zero-order valence-electron chi connectivity index (χ0n) is 14.7. The Kier molecular flexibility index (Phi) is 4.88. The summed E-state index contributed by atoms with van der Waals surface area (Å²) in [6, 6.07) is 25.1. The average molecular weight is 357 g/mol. The molecule has 4 heteroatoms. The van der Waals surface area contributed by atoms with E-state index in [1.165, 1.54) is 0 Å². The summed E-state index contributed by atoms with van der Waals surface area (Å²) in [5.41, 5.74) is 2.84. The molecule has 0 radical (unpaired) electrons. The summed E-state index contributed by atoms with van der Waals surface area (Å²) < 4.78 is 10.8. The molecule has 0 unspecified atom stereocenters. The van der Waals surface area contributed by atoms with Gasteiger partial charge in [-0.15, -0.1) is 0 Å². The number of amides is 1. The molecule has 0 aliphatic carbocycles.